The van der Waals surface area contributed by atoms with Crippen LogP contribution in [0, 0.1) is 6.92 Å². The highest BCUT2D eigenvalue weighted by Crippen LogP contribution is 2.29. The van der Waals surface area contributed by atoms with Gasteiger partial charge < -0.3 is 29.3 Å². The fourth-order valence-corrected chi connectivity index (χ4v) is 3.56. The first kappa shape index (κ1) is 21.5. The van der Waals surface area contributed by atoms with Crippen LogP contribution in [0.4, 0.5) is 16.2 Å². The van der Waals surface area contributed by atoms with Crippen molar-refractivity contribution >= 4 is 17.4 Å². The number of hydrogen-bond acceptors (Lipinski definition) is 6. The van der Waals surface area contributed by atoms with Crippen molar-refractivity contribution in [1.29, 1.82) is 0 Å². The highest BCUT2D eigenvalue weighted by atomic mass is 16.5. The summed E-state index contributed by atoms with van der Waals surface area (Å²) in [4.78, 5) is 21.3. The van der Waals surface area contributed by atoms with Crippen molar-refractivity contribution in [2.45, 2.75) is 20.3 Å². The number of nitrogens with one attached hydrogen (secondary N) is 1. The van der Waals surface area contributed by atoms with Crippen LogP contribution in [-0.2, 0) is 6.42 Å². The lowest BCUT2D eigenvalue weighted by atomic mass is 10.1. The Morgan fingerprint density at radius 2 is 1.63 bits per heavy atom. The number of carbonyl (C=O) groups excluding carboxylic acids is 1. The predicted molar refractivity (Wildman–Crippen MR) is 117 cm³/mol. The van der Waals surface area contributed by atoms with Crippen LogP contribution in [-0.4, -0.2) is 63.4 Å². The summed E-state index contributed by atoms with van der Waals surface area (Å²) in [6.45, 7) is 6.65. The van der Waals surface area contributed by atoms with E-state index in [9.17, 15) is 4.79 Å². The minimum atomic E-state index is -0.149. The zero-order valence-electron chi connectivity index (χ0n) is 18.3. The Hall–Kier alpha value is -3.16. The molecule has 1 aromatic heterocycles. The maximum absolute atomic E-state index is 12.8. The Morgan fingerprint density at radius 1 is 1.00 bits per heavy atom. The average Bonchev–Trinajstić information content (AvgIpc) is 2.79. The Kier molecular flexibility index (Phi) is 6.87. The van der Waals surface area contributed by atoms with E-state index in [1.165, 1.54) is 0 Å². The second-order valence-electron chi connectivity index (χ2n) is 7.12. The number of rotatable bonds is 6. The first-order chi connectivity index (χ1) is 14.5. The highest BCUT2D eigenvalue weighted by molar-refractivity contribution is 5.91. The summed E-state index contributed by atoms with van der Waals surface area (Å²) in [5.41, 5.74) is 3.62. The molecule has 1 fully saturated rings. The topological polar surface area (TPSA) is 76.2 Å². The maximum Gasteiger partial charge on any atom is 0.322 e. The van der Waals surface area contributed by atoms with Gasteiger partial charge in [0.25, 0.3) is 0 Å². The molecule has 1 aromatic carbocycles. The predicted octanol–water partition coefficient (Wildman–Crippen LogP) is 3.33. The molecule has 1 N–H and O–H groups in total. The largest absolute Gasteiger partial charge is 0.497 e. The van der Waals surface area contributed by atoms with Gasteiger partial charge in [-0.05, 0) is 25.0 Å². The smallest absolute Gasteiger partial charge is 0.322 e. The zero-order chi connectivity index (χ0) is 21.7. The number of hydrogen-bond donors (Lipinski definition) is 1. The van der Waals surface area contributed by atoms with Crippen LogP contribution >= 0.6 is 0 Å². The van der Waals surface area contributed by atoms with Crippen LogP contribution in [0.25, 0.3) is 0 Å². The van der Waals surface area contributed by atoms with Gasteiger partial charge in [0.1, 0.15) is 17.2 Å². The Morgan fingerprint density at radius 3 is 2.17 bits per heavy atom. The van der Waals surface area contributed by atoms with E-state index in [0.29, 0.717) is 37.7 Å². The number of methoxy groups -OCH3 is 3. The SMILES string of the molecule is CCc1cc(NC(=O)N2CCN(c3cc(OC)cc(OC)c3)CC2)c(OC)nc1C. The van der Waals surface area contributed by atoms with Gasteiger partial charge in [0.05, 0.1) is 21.3 Å². The first-order valence-electron chi connectivity index (χ1n) is 10.1. The third-order valence-corrected chi connectivity index (χ3v) is 5.37. The van der Waals surface area contributed by atoms with Crippen molar-refractivity contribution in [3.63, 3.8) is 0 Å². The number of anilines is 2. The Bertz CT molecular complexity index is 873. The molecular formula is C22H30N4O4. The van der Waals surface area contributed by atoms with E-state index >= 15 is 0 Å². The van der Waals surface area contributed by atoms with E-state index in [2.05, 4.69) is 22.1 Å². The lowest BCUT2D eigenvalue weighted by Crippen LogP contribution is -2.50. The lowest BCUT2D eigenvalue weighted by molar-refractivity contribution is 0.208. The summed E-state index contributed by atoms with van der Waals surface area (Å²) in [5.74, 6) is 1.92. The number of piperazine rings is 1. The fraction of sp³-hybridized carbons (Fsp3) is 0.455. The summed E-state index contributed by atoms with van der Waals surface area (Å²) in [7, 11) is 4.84. The number of urea groups is 1. The molecule has 30 heavy (non-hydrogen) atoms. The number of amides is 2. The second-order valence-corrected chi connectivity index (χ2v) is 7.12. The van der Waals surface area contributed by atoms with E-state index < -0.39 is 0 Å². The van der Waals surface area contributed by atoms with Crippen LogP contribution in [0.2, 0.25) is 0 Å². The van der Waals surface area contributed by atoms with Crippen LogP contribution < -0.4 is 24.4 Å². The molecule has 162 valence electrons. The molecular weight excluding hydrogens is 384 g/mol. The molecule has 0 spiro atoms. The van der Waals surface area contributed by atoms with Crippen molar-refractivity contribution in [1.82, 2.24) is 9.88 Å². The van der Waals surface area contributed by atoms with Gasteiger partial charge in [-0.2, -0.15) is 0 Å². The van der Waals surface area contributed by atoms with E-state index in [1.54, 1.807) is 26.2 Å². The van der Waals surface area contributed by atoms with Gasteiger partial charge in [-0.3, -0.25) is 0 Å². The summed E-state index contributed by atoms with van der Waals surface area (Å²) in [6.07, 6.45) is 0.842. The van der Waals surface area contributed by atoms with Gasteiger partial charge >= 0.3 is 6.03 Å². The third kappa shape index (κ3) is 4.69. The lowest BCUT2D eigenvalue weighted by Gasteiger charge is -2.36. The molecule has 1 aliphatic heterocycles. The molecule has 2 aromatic rings. The van der Waals surface area contributed by atoms with E-state index in [4.69, 9.17) is 14.2 Å². The van der Waals surface area contributed by atoms with E-state index in [1.807, 2.05) is 31.2 Å². The number of benzene rings is 1. The summed E-state index contributed by atoms with van der Waals surface area (Å²) in [5, 5.41) is 2.97. The number of nitrogens with zero attached hydrogens (tertiary/aromatic N) is 3. The molecule has 3 rings (SSSR count). The van der Waals surface area contributed by atoms with Crippen LogP contribution in [0.3, 0.4) is 0 Å². The van der Waals surface area contributed by atoms with Crippen molar-refractivity contribution < 1.29 is 19.0 Å². The van der Waals surface area contributed by atoms with Crippen LogP contribution in [0.5, 0.6) is 17.4 Å². The van der Waals surface area contributed by atoms with Gasteiger partial charge in [-0.15, -0.1) is 0 Å². The summed E-state index contributed by atoms with van der Waals surface area (Å²) < 4.78 is 16.1. The quantitative estimate of drug-likeness (QED) is 0.781. The van der Waals surface area contributed by atoms with Crippen molar-refractivity contribution in [3.05, 3.63) is 35.5 Å². The Balaban J connectivity index is 1.66. The minimum Gasteiger partial charge on any atom is -0.497 e. The molecule has 8 nitrogen and oxygen atoms in total. The summed E-state index contributed by atoms with van der Waals surface area (Å²) in [6, 6.07) is 7.60. The molecule has 8 heteroatoms. The molecule has 0 aliphatic carbocycles. The minimum absolute atomic E-state index is 0.149. The number of aryl methyl sites for hydroxylation is 2. The van der Waals surface area contributed by atoms with Gasteiger partial charge in [0.2, 0.25) is 5.88 Å². The fourth-order valence-electron chi connectivity index (χ4n) is 3.56. The van der Waals surface area contributed by atoms with Crippen molar-refractivity contribution in [3.8, 4) is 17.4 Å². The molecule has 1 aliphatic rings. The Labute approximate surface area is 177 Å². The standard InChI is InChI=1S/C22H30N4O4/c1-6-16-11-20(21(30-5)23-15(16)2)24-22(27)26-9-7-25(8-10-26)17-12-18(28-3)14-19(13-17)29-4/h11-14H,6-10H2,1-5H3,(H,24,27). The zero-order valence-corrected chi connectivity index (χ0v) is 18.3. The number of pyridine rings is 1. The molecule has 2 amide bonds. The molecule has 0 unspecified atom stereocenters. The number of carbonyl (C=O) groups is 1. The van der Waals surface area contributed by atoms with Gasteiger partial charge in [-0.25, -0.2) is 9.78 Å². The van der Waals surface area contributed by atoms with Crippen molar-refractivity contribution in [2.24, 2.45) is 0 Å². The monoisotopic (exact) mass is 414 g/mol. The maximum atomic E-state index is 12.8. The molecule has 1 saturated heterocycles. The van der Waals surface area contributed by atoms with Crippen LogP contribution in [0.15, 0.2) is 24.3 Å². The van der Waals surface area contributed by atoms with Gasteiger partial charge in [0.15, 0.2) is 0 Å². The normalized spacial score (nSPS) is 13.8. The van der Waals surface area contributed by atoms with E-state index in [0.717, 1.165) is 34.9 Å². The third-order valence-electron chi connectivity index (χ3n) is 5.37. The van der Waals surface area contributed by atoms with E-state index in [-0.39, 0.29) is 6.03 Å². The first-order valence-corrected chi connectivity index (χ1v) is 10.1. The number of ether oxygens (including phenoxy) is 3. The van der Waals surface area contributed by atoms with Crippen LogP contribution in [0.1, 0.15) is 18.2 Å². The molecule has 0 atom stereocenters. The average molecular weight is 415 g/mol. The number of aromatic nitrogens is 1. The van der Waals surface area contributed by atoms with Crippen molar-refractivity contribution in [2.75, 3.05) is 57.7 Å². The molecule has 0 radical (unpaired) electrons. The molecule has 2 heterocycles. The summed E-state index contributed by atoms with van der Waals surface area (Å²) >= 11 is 0. The second kappa shape index (κ2) is 9.56. The highest BCUT2D eigenvalue weighted by Gasteiger charge is 2.23. The van der Waals surface area contributed by atoms with Gasteiger partial charge in [0, 0.05) is 55.8 Å². The molecule has 0 saturated carbocycles. The molecule has 0 bridgehead atoms. The van der Waals surface area contributed by atoms with Gasteiger partial charge in [-0.1, -0.05) is 6.92 Å².